The molecule has 13 atom stereocenters. The van der Waals surface area contributed by atoms with Crippen LogP contribution in [0.25, 0.3) is 0 Å². The van der Waals surface area contributed by atoms with Crippen molar-refractivity contribution in [1.29, 1.82) is 0 Å². The Labute approximate surface area is 348 Å². The molecule has 3 heterocycles. The van der Waals surface area contributed by atoms with E-state index in [9.17, 15) is 24.3 Å². The van der Waals surface area contributed by atoms with Crippen molar-refractivity contribution in [3.63, 3.8) is 0 Å². The van der Waals surface area contributed by atoms with Crippen LogP contribution in [0.4, 0.5) is 0 Å². The number of carbonyl (C=O) groups is 4. The van der Waals surface area contributed by atoms with Gasteiger partial charge in [0.05, 0.1) is 18.3 Å². The minimum absolute atomic E-state index is 0.0301. The monoisotopic (exact) mass is 817 g/mol. The lowest BCUT2D eigenvalue weighted by Gasteiger charge is -2.47. The number of unbranched alkanes of at least 4 members (excludes halogenated alkanes) is 1. The van der Waals surface area contributed by atoms with Crippen molar-refractivity contribution in [2.45, 2.75) is 187 Å². The van der Waals surface area contributed by atoms with Gasteiger partial charge in [0.1, 0.15) is 24.0 Å². The van der Waals surface area contributed by atoms with Gasteiger partial charge < -0.3 is 39.4 Å². The van der Waals surface area contributed by atoms with Gasteiger partial charge in [-0.1, -0.05) is 58.8 Å². The lowest BCUT2D eigenvalue weighted by Crippen LogP contribution is -2.64. The SMILES string of the molecule is CCCCOC1CC(C=C(C)C2OC(=O)C3CCCCN3C(=O)C(=O)C3(O)OC(C(OC)CC(C)CC(C)=CC(CC)C(=O)CCC2C)C(OC)CC3C)CCC1N. The molecule has 12 heteroatoms. The third kappa shape index (κ3) is 12.1. The van der Waals surface area contributed by atoms with E-state index in [1.165, 1.54) is 4.90 Å². The topological polar surface area (TPSA) is 164 Å². The molecule has 0 radical (unpaired) electrons. The number of methoxy groups -OCH3 is 2. The Morgan fingerprint density at radius 1 is 0.983 bits per heavy atom. The highest BCUT2D eigenvalue weighted by Crippen LogP contribution is 2.39. The van der Waals surface area contributed by atoms with Crippen LogP contribution in [0.15, 0.2) is 23.3 Å². The molecule has 58 heavy (non-hydrogen) atoms. The zero-order valence-corrected chi connectivity index (χ0v) is 37.0. The normalized spacial score (nSPS) is 38.4. The van der Waals surface area contributed by atoms with E-state index < -0.39 is 59.8 Å². The van der Waals surface area contributed by atoms with Crippen molar-refractivity contribution in [2.24, 2.45) is 35.3 Å². The number of Topliss-reactive ketones (excluding diaryl/α,β-unsaturated/α-hetero) is 2. The summed E-state index contributed by atoms with van der Waals surface area (Å²) in [6.07, 6.45) is 10.7. The van der Waals surface area contributed by atoms with Gasteiger partial charge in [0, 0.05) is 51.7 Å². The van der Waals surface area contributed by atoms with Crippen LogP contribution in [0.2, 0.25) is 0 Å². The molecule has 3 N–H and O–H groups in total. The highest BCUT2D eigenvalue weighted by Gasteiger charge is 2.56. The number of nitrogens with two attached hydrogens (primary N) is 1. The summed E-state index contributed by atoms with van der Waals surface area (Å²) < 4.78 is 30.7. The van der Waals surface area contributed by atoms with Crippen molar-refractivity contribution in [1.82, 2.24) is 4.90 Å². The van der Waals surface area contributed by atoms with Crippen LogP contribution < -0.4 is 5.73 Å². The number of rotatable bonds is 9. The number of cyclic esters (lactones) is 1. The average Bonchev–Trinajstić information content (AvgIpc) is 3.20. The van der Waals surface area contributed by atoms with Crippen LogP contribution in [-0.4, -0.2) is 109 Å². The van der Waals surface area contributed by atoms with E-state index in [1.807, 2.05) is 27.7 Å². The van der Waals surface area contributed by atoms with E-state index >= 15 is 0 Å². The molecule has 1 amide bonds. The molecule has 4 aliphatic rings. The molecule has 4 rings (SSSR count). The quantitative estimate of drug-likeness (QED) is 0.111. The first kappa shape index (κ1) is 48.2. The first-order chi connectivity index (χ1) is 27.6. The summed E-state index contributed by atoms with van der Waals surface area (Å²) in [4.78, 5) is 58.0. The highest BCUT2D eigenvalue weighted by atomic mass is 16.7. The number of esters is 1. The molecule has 0 spiro atoms. The number of carbonyl (C=O) groups excluding carboxylic acids is 4. The largest absolute Gasteiger partial charge is 0.456 e. The first-order valence-corrected chi connectivity index (χ1v) is 22.3. The maximum absolute atomic E-state index is 14.4. The predicted molar refractivity (Wildman–Crippen MR) is 222 cm³/mol. The Morgan fingerprint density at radius 3 is 2.36 bits per heavy atom. The Balaban J connectivity index is 1.71. The zero-order chi connectivity index (χ0) is 42.7. The van der Waals surface area contributed by atoms with Crippen LogP contribution >= 0.6 is 0 Å². The zero-order valence-electron chi connectivity index (χ0n) is 37.0. The molecule has 1 aliphatic carbocycles. The number of ketones is 2. The van der Waals surface area contributed by atoms with Gasteiger partial charge in [0.25, 0.3) is 11.7 Å². The number of aliphatic hydroxyl groups is 1. The van der Waals surface area contributed by atoms with Gasteiger partial charge in [0.15, 0.2) is 0 Å². The molecule has 3 aliphatic heterocycles. The molecule has 13 unspecified atom stereocenters. The van der Waals surface area contributed by atoms with E-state index in [0.717, 1.165) is 43.3 Å². The maximum atomic E-state index is 14.4. The minimum atomic E-state index is -2.46. The highest BCUT2D eigenvalue weighted by molar-refractivity contribution is 6.39. The van der Waals surface area contributed by atoms with Gasteiger partial charge in [-0.2, -0.15) is 0 Å². The average molecular weight is 817 g/mol. The molecule has 330 valence electrons. The summed E-state index contributed by atoms with van der Waals surface area (Å²) in [5.41, 5.74) is 8.45. The fourth-order valence-electron chi connectivity index (χ4n) is 9.75. The number of ether oxygens (including phenoxy) is 5. The predicted octanol–water partition coefficient (Wildman–Crippen LogP) is 6.64. The van der Waals surface area contributed by atoms with Gasteiger partial charge in [0.2, 0.25) is 5.79 Å². The van der Waals surface area contributed by atoms with Gasteiger partial charge in [-0.25, -0.2) is 4.79 Å². The van der Waals surface area contributed by atoms with E-state index in [0.29, 0.717) is 58.0 Å². The lowest BCUT2D eigenvalue weighted by atomic mass is 9.81. The van der Waals surface area contributed by atoms with Crippen LogP contribution in [0, 0.1) is 29.6 Å². The van der Waals surface area contributed by atoms with Crippen molar-refractivity contribution < 1.29 is 48.0 Å². The van der Waals surface area contributed by atoms with Gasteiger partial charge in [-0.05, 0) is 114 Å². The van der Waals surface area contributed by atoms with Gasteiger partial charge >= 0.3 is 5.97 Å². The minimum Gasteiger partial charge on any atom is -0.456 e. The summed E-state index contributed by atoms with van der Waals surface area (Å²) in [7, 11) is 3.12. The van der Waals surface area contributed by atoms with Gasteiger partial charge in [-0.3, -0.25) is 14.4 Å². The molecule has 0 aromatic carbocycles. The Morgan fingerprint density at radius 2 is 1.69 bits per heavy atom. The number of hydrogen-bond acceptors (Lipinski definition) is 11. The number of nitrogens with zero attached hydrogens (tertiary/aromatic N) is 1. The summed E-state index contributed by atoms with van der Waals surface area (Å²) in [5.74, 6) is -5.96. The second-order valence-electron chi connectivity index (χ2n) is 18.1. The van der Waals surface area contributed by atoms with Crippen molar-refractivity contribution >= 4 is 23.4 Å². The van der Waals surface area contributed by atoms with Crippen LogP contribution in [0.5, 0.6) is 0 Å². The molecule has 0 aromatic rings. The Bertz CT molecular complexity index is 1450. The second-order valence-corrected chi connectivity index (χ2v) is 18.1. The number of amides is 1. The van der Waals surface area contributed by atoms with E-state index in [4.69, 9.17) is 29.4 Å². The second kappa shape index (κ2) is 22.4. The summed E-state index contributed by atoms with van der Waals surface area (Å²) in [6, 6.07) is -1.06. The van der Waals surface area contributed by atoms with Crippen LogP contribution in [-0.2, 0) is 42.9 Å². The summed E-state index contributed by atoms with van der Waals surface area (Å²) in [6.45, 7) is 14.8. The van der Waals surface area contributed by atoms with Crippen LogP contribution in [0.1, 0.15) is 138 Å². The van der Waals surface area contributed by atoms with Gasteiger partial charge in [-0.15, -0.1) is 0 Å². The number of fused-ring (bicyclic) bond motifs is 3. The maximum Gasteiger partial charge on any atom is 0.329 e. The Hall–Kier alpha value is -2.48. The third-order valence-electron chi connectivity index (χ3n) is 13.4. The number of piperidine rings is 1. The summed E-state index contributed by atoms with van der Waals surface area (Å²) in [5, 5.41) is 12.1. The molecule has 2 saturated heterocycles. The van der Waals surface area contributed by atoms with Crippen LogP contribution in [0.3, 0.4) is 0 Å². The number of hydrogen-bond donors (Lipinski definition) is 2. The van der Waals surface area contributed by atoms with E-state index in [2.05, 4.69) is 26.0 Å². The van der Waals surface area contributed by atoms with Crippen molar-refractivity contribution in [2.75, 3.05) is 27.4 Å². The molecule has 0 aromatic heterocycles. The third-order valence-corrected chi connectivity index (χ3v) is 13.4. The van der Waals surface area contributed by atoms with E-state index in [-0.39, 0.29) is 54.6 Å². The molecule has 12 nitrogen and oxygen atoms in total. The molecular formula is C46H76N2O10. The van der Waals surface area contributed by atoms with Crippen molar-refractivity contribution in [3.8, 4) is 0 Å². The van der Waals surface area contributed by atoms with E-state index in [1.54, 1.807) is 21.1 Å². The molecule has 1 saturated carbocycles. The fourth-order valence-corrected chi connectivity index (χ4v) is 9.75. The molecule has 3 fully saturated rings. The molecular weight excluding hydrogens is 741 g/mol. The summed E-state index contributed by atoms with van der Waals surface area (Å²) >= 11 is 0. The first-order valence-electron chi connectivity index (χ1n) is 22.3. The smallest absolute Gasteiger partial charge is 0.329 e. The standard InChI is InChI=1S/C46H76N2O10/c1-10-12-21-56-38-27-33(17-18-35(38)47)25-31(6)41-30(5)16-19-37(49)34(11-2)23-28(3)22-29(4)24-39(54-8)42-40(55-9)26-32(7)46(53,58-42)43(50)44(51)48-20-14-13-15-36(48)45(52)57-41/h23,25,29-30,32-36,38-42,53H,10-22,24,26-27,47H2,1-9H3. The molecule has 2 bridgehead atoms. The van der Waals surface area contributed by atoms with Crippen molar-refractivity contribution in [3.05, 3.63) is 23.3 Å². The lowest BCUT2D eigenvalue weighted by molar-refractivity contribution is -0.302. The number of allylic oxidation sites excluding steroid dienone is 3. The Kier molecular flexibility index (Phi) is 18.6. The fraction of sp³-hybridized carbons (Fsp3) is 0.826.